The highest BCUT2D eigenvalue weighted by molar-refractivity contribution is 6.11. The molecule has 4 atom stereocenters. The fourth-order valence-electron chi connectivity index (χ4n) is 3.84. The zero-order chi connectivity index (χ0) is 18.2. The van der Waals surface area contributed by atoms with Crippen LogP contribution in [0, 0.1) is 11.8 Å². The maximum atomic E-state index is 11.4. The van der Waals surface area contributed by atoms with Crippen molar-refractivity contribution in [1.29, 1.82) is 0 Å². The number of nitrogens with zero attached hydrogens (tertiary/aromatic N) is 1. The van der Waals surface area contributed by atoms with Crippen LogP contribution in [0.3, 0.4) is 0 Å². The highest BCUT2D eigenvalue weighted by Crippen LogP contribution is 2.40. The lowest BCUT2D eigenvalue weighted by Gasteiger charge is -2.44. The van der Waals surface area contributed by atoms with Crippen molar-refractivity contribution in [3.8, 4) is 0 Å². The Morgan fingerprint density at radius 1 is 1.40 bits per heavy atom. The maximum absolute atomic E-state index is 11.4. The number of hydrogen-bond acceptors (Lipinski definition) is 6. The van der Waals surface area contributed by atoms with Crippen molar-refractivity contribution in [2.24, 2.45) is 22.6 Å². The quantitative estimate of drug-likeness (QED) is 0.450. The standard InChI is InChI=1S/C18H31N5O2/c1-11-4-7-14(8-15(11)24)22-18(23-17(2,3)13-5-6-13)20-9-12(10-21-18)16(19)25/h9-11,13-15,20,22-24H,4-8H2,1-3H3,(H2,19,25)/t11-,14-,15-,18?/m1/s1. The van der Waals surface area contributed by atoms with Crippen molar-refractivity contribution in [3.05, 3.63) is 11.8 Å². The topological polar surface area (TPSA) is 112 Å². The molecule has 7 heteroatoms. The molecule has 2 fully saturated rings. The number of aliphatic hydroxyl groups is 1. The van der Waals surface area contributed by atoms with Gasteiger partial charge in [0.05, 0.1) is 11.7 Å². The maximum Gasteiger partial charge on any atom is 0.251 e. The van der Waals surface area contributed by atoms with Crippen LogP contribution in [0.5, 0.6) is 0 Å². The first-order valence-electron chi connectivity index (χ1n) is 9.29. The Bertz CT molecular complexity index is 584. The summed E-state index contributed by atoms with van der Waals surface area (Å²) in [6.07, 6.45) is 7.90. The predicted molar refractivity (Wildman–Crippen MR) is 97.5 cm³/mol. The van der Waals surface area contributed by atoms with Crippen LogP contribution in [0.15, 0.2) is 16.8 Å². The van der Waals surface area contributed by atoms with Crippen LogP contribution in [0.25, 0.3) is 0 Å². The Kier molecular flexibility index (Phi) is 4.92. The monoisotopic (exact) mass is 349 g/mol. The summed E-state index contributed by atoms with van der Waals surface area (Å²) in [6, 6.07) is 0.141. The number of nitrogens with two attached hydrogens (primary N) is 1. The molecular weight excluding hydrogens is 318 g/mol. The first kappa shape index (κ1) is 18.4. The van der Waals surface area contributed by atoms with Gasteiger partial charge in [0.2, 0.25) is 5.91 Å². The summed E-state index contributed by atoms with van der Waals surface area (Å²) in [5, 5.41) is 20.6. The van der Waals surface area contributed by atoms with Crippen molar-refractivity contribution >= 4 is 12.1 Å². The first-order chi connectivity index (χ1) is 11.7. The highest BCUT2D eigenvalue weighted by atomic mass is 16.3. The van der Waals surface area contributed by atoms with E-state index in [1.54, 1.807) is 6.20 Å². The molecule has 2 saturated carbocycles. The number of aliphatic imine (C=N–C) groups is 1. The number of nitrogens with one attached hydrogen (secondary N) is 3. The van der Waals surface area contributed by atoms with E-state index in [4.69, 9.17) is 5.73 Å². The zero-order valence-electron chi connectivity index (χ0n) is 15.4. The molecule has 3 rings (SSSR count). The van der Waals surface area contributed by atoms with Gasteiger partial charge in [-0.05, 0) is 57.8 Å². The molecule has 3 aliphatic rings. The molecule has 0 bridgehead atoms. The third-order valence-corrected chi connectivity index (χ3v) is 5.79. The van der Waals surface area contributed by atoms with Gasteiger partial charge < -0.3 is 16.2 Å². The second-order valence-electron chi connectivity index (χ2n) is 8.40. The number of hydrogen-bond donors (Lipinski definition) is 5. The van der Waals surface area contributed by atoms with E-state index < -0.39 is 11.8 Å². The minimum Gasteiger partial charge on any atom is -0.393 e. The number of carbonyl (C=O) groups excluding carboxylic acids is 1. The van der Waals surface area contributed by atoms with Crippen LogP contribution in [0.2, 0.25) is 0 Å². The van der Waals surface area contributed by atoms with E-state index in [2.05, 4.69) is 41.7 Å². The number of carbonyl (C=O) groups is 1. The lowest BCUT2D eigenvalue weighted by molar-refractivity contribution is -0.114. The Labute approximate surface area is 149 Å². The van der Waals surface area contributed by atoms with Crippen molar-refractivity contribution in [1.82, 2.24) is 16.0 Å². The Morgan fingerprint density at radius 3 is 2.64 bits per heavy atom. The smallest absolute Gasteiger partial charge is 0.251 e. The van der Waals surface area contributed by atoms with Crippen LogP contribution >= 0.6 is 0 Å². The van der Waals surface area contributed by atoms with Gasteiger partial charge in [-0.2, -0.15) is 0 Å². The summed E-state index contributed by atoms with van der Waals surface area (Å²) in [5.74, 6) is -0.459. The second-order valence-corrected chi connectivity index (χ2v) is 8.40. The van der Waals surface area contributed by atoms with Gasteiger partial charge in [0, 0.05) is 24.0 Å². The molecule has 0 aromatic rings. The van der Waals surface area contributed by atoms with Gasteiger partial charge in [-0.3, -0.25) is 15.4 Å². The summed E-state index contributed by atoms with van der Waals surface area (Å²) >= 11 is 0. The predicted octanol–water partition coefficient (Wildman–Crippen LogP) is 0.558. The summed E-state index contributed by atoms with van der Waals surface area (Å²) < 4.78 is 0. The molecule has 7 nitrogen and oxygen atoms in total. The van der Waals surface area contributed by atoms with Gasteiger partial charge in [0.1, 0.15) is 0 Å². The average molecular weight is 349 g/mol. The molecule has 0 spiro atoms. The molecule has 2 aliphatic carbocycles. The summed E-state index contributed by atoms with van der Waals surface area (Å²) in [7, 11) is 0. The van der Waals surface area contributed by atoms with Crippen LogP contribution in [-0.4, -0.2) is 40.8 Å². The van der Waals surface area contributed by atoms with Gasteiger partial charge in [-0.15, -0.1) is 0 Å². The normalized spacial score (nSPS) is 35.8. The van der Waals surface area contributed by atoms with Crippen molar-refractivity contribution in [2.45, 2.75) is 76.5 Å². The molecule has 0 aromatic carbocycles. The average Bonchev–Trinajstić information content (AvgIpc) is 3.36. The minimum absolute atomic E-state index is 0.101. The van der Waals surface area contributed by atoms with Crippen LogP contribution in [-0.2, 0) is 4.79 Å². The second kappa shape index (κ2) is 6.70. The summed E-state index contributed by atoms with van der Waals surface area (Å²) in [5.41, 5.74) is 5.59. The lowest BCUT2D eigenvalue weighted by Crippen LogP contribution is -2.72. The van der Waals surface area contributed by atoms with E-state index in [9.17, 15) is 9.90 Å². The van der Waals surface area contributed by atoms with E-state index in [1.165, 1.54) is 19.1 Å². The third kappa shape index (κ3) is 4.22. The van der Waals surface area contributed by atoms with E-state index >= 15 is 0 Å². The van der Waals surface area contributed by atoms with Gasteiger partial charge in [-0.25, -0.2) is 4.99 Å². The first-order valence-corrected chi connectivity index (χ1v) is 9.29. The molecule has 6 N–H and O–H groups in total. The molecule has 0 aromatic heterocycles. The van der Waals surface area contributed by atoms with Gasteiger partial charge in [-0.1, -0.05) is 6.92 Å². The van der Waals surface area contributed by atoms with Crippen molar-refractivity contribution < 1.29 is 9.90 Å². The van der Waals surface area contributed by atoms with Crippen LogP contribution < -0.4 is 21.7 Å². The fourth-order valence-corrected chi connectivity index (χ4v) is 3.84. The molecule has 1 amide bonds. The Balaban J connectivity index is 1.76. The molecular formula is C18H31N5O2. The number of aliphatic hydroxyl groups excluding tert-OH is 1. The van der Waals surface area contributed by atoms with Gasteiger partial charge in [0.25, 0.3) is 5.91 Å². The van der Waals surface area contributed by atoms with Crippen LogP contribution in [0.1, 0.15) is 52.9 Å². The van der Waals surface area contributed by atoms with E-state index in [-0.39, 0.29) is 17.7 Å². The highest BCUT2D eigenvalue weighted by Gasteiger charge is 2.45. The van der Waals surface area contributed by atoms with Gasteiger partial charge >= 0.3 is 0 Å². The molecule has 0 radical (unpaired) electrons. The van der Waals surface area contributed by atoms with E-state index in [1.807, 2.05) is 0 Å². The fraction of sp³-hybridized carbons (Fsp3) is 0.778. The van der Waals surface area contributed by atoms with E-state index in [0.29, 0.717) is 23.8 Å². The number of primary amides is 1. The Morgan fingerprint density at radius 2 is 2.12 bits per heavy atom. The van der Waals surface area contributed by atoms with E-state index in [0.717, 1.165) is 12.8 Å². The molecule has 0 saturated heterocycles. The molecule has 140 valence electrons. The number of amides is 1. The lowest BCUT2D eigenvalue weighted by atomic mass is 9.84. The zero-order valence-corrected chi connectivity index (χ0v) is 15.4. The number of rotatable bonds is 6. The molecule has 25 heavy (non-hydrogen) atoms. The largest absolute Gasteiger partial charge is 0.393 e. The van der Waals surface area contributed by atoms with Crippen LogP contribution in [0.4, 0.5) is 0 Å². The summed E-state index contributed by atoms with van der Waals surface area (Å²) in [6.45, 7) is 6.44. The van der Waals surface area contributed by atoms with Crippen molar-refractivity contribution in [2.75, 3.05) is 0 Å². The Hall–Kier alpha value is -1.44. The molecule has 1 heterocycles. The summed E-state index contributed by atoms with van der Waals surface area (Å²) in [4.78, 5) is 16.0. The SMILES string of the molecule is C[C@@H]1CC[C@@H](NC2(NC(C)(C)C3CC3)N=CC(C(N)=O)=CN2)C[C@H]1O. The molecule has 1 aliphatic heterocycles. The minimum atomic E-state index is -0.893. The van der Waals surface area contributed by atoms with Gasteiger partial charge in [0.15, 0.2) is 0 Å². The van der Waals surface area contributed by atoms with Crippen molar-refractivity contribution in [3.63, 3.8) is 0 Å². The molecule has 1 unspecified atom stereocenters. The third-order valence-electron chi connectivity index (χ3n) is 5.79.